The molecule has 0 radical (unpaired) electrons. The van der Waals surface area contributed by atoms with Crippen molar-refractivity contribution in [2.75, 3.05) is 39.5 Å². The molecular weight excluding hydrogens is 226 g/mol. The third kappa shape index (κ3) is 8.90. The van der Waals surface area contributed by atoms with Crippen LogP contribution in [0.15, 0.2) is 0 Å². The molecule has 0 aromatic carbocycles. The van der Waals surface area contributed by atoms with Crippen LogP contribution >= 0.6 is 0 Å². The highest BCUT2D eigenvalue weighted by Gasteiger charge is 2.13. The van der Waals surface area contributed by atoms with E-state index in [1.807, 2.05) is 0 Å². The lowest BCUT2D eigenvalue weighted by Gasteiger charge is -2.21. The molecule has 108 valence electrons. The molecule has 0 spiro atoms. The summed E-state index contributed by atoms with van der Waals surface area (Å²) in [6.45, 7) is 8.30. The number of rotatable bonds is 11. The van der Waals surface area contributed by atoms with Gasteiger partial charge in [0.05, 0.1) is 0 Å². The number of hydrogen-bond donors (Lipinski definition) is 1. The van der Waals surface area contributed by atoms with E-state index in [9.17, 15) is 0 Å². The molecule has 1 aliphatic rings. The van der Waals surface area contributed by atoms with Crippen molar-refractivity contribution in [1.29, 1.82) is 0 Å². The van der Waals surface area contributed by atoms with Crippen molar-refractivity contribution < 1.29 is 9.47 Å². The van der Waals surface area contributed by atoms with Gasteiger partial charge in [-0.15, -0.1) is 0 Å². The third-order valence-corrected chi connectivity index (χ3v) is 3.51. The molecule has 1 rings (SSSR count). The molecule has 3 heteroatoms. The summed E-state index contributed by atoms with van der Waals surface area (Å²) in [6.07, 6.45) is 8.77. The first-order valence-electron chi connectivity index (χ1n) is 7.79. The SMILES string of the molecule is CCCNCCCCCCOCC1CCOCC1. The van der Waals surface area contributed by atoms with Gasteiger partial charge < -0.3 is 14.8 Å². The molecule has 0 atom stereocenters. The van der Waals surface area contributed by atoms with Crippen LogP contribution in [0.5, 0.6) is 0 Å². The molecule has 1 aliphatic heterocycles. The topological polar surface area (TPSA) is 30.5 Å². The number of hydrogen-bond acceptors (Lipinski definition) is 3. The molecule has 1 heterocycles. The Morgan fingerprint density at radius 3 is 2.61 bits per heavy atom. The predicted octanol–water partition coefficient (Wildman–Crippen LogP) is 2.99. The van der Waals surface area contributed by atoms with Crippen LogP contribution in [0, 0.1) is 5.92 Å². The zero-order valence-corrected chi connectivity index (χ0v) is 12.1. The first-order valence-corrected chi connectivity index (χ1v) is 7.79. The van der Waals surface area contributed by atoms with E-state index >= 15 is 0 Å². The summed E-state index contributed by atoms with van der Waals surface area (Å²) in [5.74, 6) is 0.747. The van der Waals surface area contributed by atoms with E-state index in [-0.39, 0.29) is 0 Å². The van der Waals surface area contributed by atoms with Gasteiger partial charge in [0, 0.05) is 26.4 Å². The molecule has 1 fully saturated rings. The second kappa shape index (κ2) is 11.9. The first-order chi connectivity index (χ1) is 8.93. The minimum Gasteiger partial charge on any atom is -0.381 e. The first kappa shape index (κ1) is 15.9. The van der Waals surface area contributed by atoms with Crippen molar-refractivity contribution in [2.24, 2.45) is 5.92 Å². The molecule has 0 unspecified atom stereocenters. The Kier molecular flexibility index (Phi) is 10.6. The third-order valence-electron chi connectivity index (χ3n) is 3.51. The highest BCUT2D eigenvalue weighted by molar-refractivity contribution is 4.62. The van der Waals surface area contributed by atoms with E-state index < -0.39 is 0 Å². The largest absolute Gasteiger partial charge is 0.381 e. The Labute approximate surface area is 113 Å². The van der Waals surface area contributed by atoms with Gasteiger partial charge in [-0.05, 0) is 51.1 Å². The molecule has 1 saturated heterocycles. The van der Waals surface area contributed by atoms with Gasteiger partial charge in [-0.1, -0.05) is 19.8 Å². The Morgan fingerprint density at radius 2 is 1.83 bits per heavy atom. The molecule has 3 nitrogen and oxygen atoms in total. The molecule has 1 N–H and O–H groups in total. The summed E-state index contributed by atoms with van der Waals surface area (Å²) in [5.41, 5.74) is 0. The van der Waals surface area contributed by atoms with Crippen LogP contribution in [-0.4, -0.2) is 39.5 Å². The van der Waals surface area contributed by atoms with E-state index in [0.29, 0.717) is 0 Å². The minimum atomic E-state index is 0.747. The summed E-state index contributed by atoms with van der Waals surface area (Å²) < 4.78 is 11.1. The van der Waals surface area contributed by atoms with Crippen molar-refractivity contribution in [3.63, 3.8) is 0 Å². The summed E-state index contributed by atoms with van der Waals surface area (Å²) in [4.78, 5) is 0. The summed E-state index contributed by atoms with van der Waals surface area (Å²) >= 11 is 0. The molecule has 0 saturated carbocycles. The molecule has 0 aliphatic carbocycles. The van der Waals surface area contributed by atoms with Gasteiger partial charge in [0.25, 0.3) is 0 Å². The Hall–Kier alpha value is -0.120. The van der Waals surface area contributed by atoms with Gasteiger partial charge >= 0.3 is 0 Å². The normalized spacial score (nSPS) is 17.2. The molecule has 0 bridgehead atoms. The number of ether oxygens (including phenoxy) is 2. The lowest BCUT2D eigenvalue weighted by molar-refractivity contribution is 0.0198. The van der Waals surface area contributed by atoms with Gasteiger partial charge in [0.1, 0.15) is 0 Å². The van der Waals surface area contributed by atoms with Crippen molar-refractivity contribution >= 4 is 0 Å². The van der Waals surface area contributed by atoms with E-state index in [1.165, 1.54) is 51.5 Å². The van der Waals surface area contributed by atoms with Gasteiger partial charge in [0.15, 0.2) is 0 Å². The van der Waals surface area contributed by atoms with Crippen molar-refractivity contribution in [3.8, 4) is 0 Å². The fourth-order valence-corrected chi connectivity index (χ4v) is 2.27. The highest BCUT2D eigenvalue weighted by Crippen LogP contribution is 2.14. The second-order valence-electron chi connectivity index (χ2n) is 5.29. The summed E-state index contributed by atoms with van der Waals surface area (Å²) in [5, 5.41) is 3.44. The van der Waals surface area contributed by atoms with Crippen LogP contribution in [0.4, 0.5) is 0 Å². The maximum Gasteiger partial charge on any atom is 0.0495 e. The lowest BCUT2D eigenvalue weighted by atomic mass is 10.0. The fraction of sp³-hybridized carbons (Fsp3) is 1.00. The second-order valence-corrected chi connectivity index (χ2v) is 5.29. The van der Waals surface area contributed by atoms with Crippen molar-refractivity contribution in [2.45, 2.75) is 51.9 Å². The van der Waals surface area contributed by atoms with E-state index in [4.69, 9.17) is 9.47 Å². The predicted molar refractivity (Wildman–Crippen MR) is 76.0 cm³/mol. The van der Waals surface area contributed by atoms with Gasteiger partial charge in [-0.25, -0.2) is 0 Å². The van der Waals surface area contributed by atoms with E-state index in [0.717, 1.165) is 38.9 Å². The minimum absolute atomic E-state index is 0.747. The molecule has 0 aromatic rings. The molecular formula is C15H31NO2. The smallest absolute Gasteiger partial charge is 0.0495 e. The summed E-state index contributed by atoms with van der Waals surface area (Å²) in [6, 6.07) is 0. The van der Waals surface area contributed by atoms with Crippen molar-refractivity contribution in [3.05, 3.63) is 0 Å². The van der Waals surface area contributed by atoms with Crippen LogP contribution in [0.25, 0.3) is 0 Å². The average molecular weight is 257 g/mol. The van der Waals surface area contributed by atoms with E-state index in [2.05, 4.69) is 12.2 Å². The van der Waals surface area contributed by atoms with Crippen LogP contribution in [0.2, 0.25) is 0 Å². The van der Waals surface area contributed by atoms with Crippen LogP contribution in [0.1, 0.15) is 51.9 Å². The lowest BCUT2D eigenvalue weighted by Crippen LogP contribution is -2.20. The molecule has 0 aromatic heterocycles. The zero-order valence-electron chi connectivity index (χ0n) is 12.1. The fourth-order valence-electron chi connectivity index (χ4n) is 2.27. The van der Waals surface area contributed by atoms with Gasteiger partial charge in [-0.3, -0.25) is 0 Å². The van der Waals surface area contributed by atoms with Crippen molar-refractivity contribution in [1.82, 2.24) is 5.32 Å². The number of unbranched alkanes of at least 4 members (excludes halogenated alkanes) is 3. The monoisotopic (exact) mass is 257 g/mol. The van der Waals surface area contributed by atoms with Crippen LogP contribution in [-0.2, 0) is 9.47 Å². The van der Waals surface area contributed by atoms with E-state index in [1.54, 1.807) is 0 Å². The maximum atomic E-state index is 5.75. The number of nitrogens with one attached hydrogen (secondary N) is 1. The van der Waals surface area contributed by atoms with Gasteiger partial charge in [-0.2, -0.15) is 0 Å². The summed E-state index contributed by atoms with van der Waals surface area (Å²) in [7, 11) is 0. The highest BCUT2D eigenvalue weighted by atomic mass is 16.5. The maximum absolute atomic E-state index is 5.75. The van der Waals surface area contributed by atoms with Crippen LogP contribution in [0.3, 0.4) is 0 Å². The zero-order chi connectivity index (χ0) is 12.9. The average Bonchev–Trinajstić information content (AvgIpc) is 2.42. The van der Waals surface area contributed by atoms with Crippen LogP contribution < -0.4 is 5.32 Å². The quantitative estimate of drug-likeness (QED) is 0.577. The Balaban J connectivity index is 1.73. The molecule has 0 amide bonds. The standard InChI is InChI=1S/C15H31NO2/c1-2-9-16-10-5-3-4-6-11-18-14-15-7-12-17-13-8-15/h15-16H,2-14H2,1H3. The Bertz CT molecular complexity index is 170. The van der Waals surface area contributed by atoms with Gasteiger partial charge in [0.2, 0.25) is 0 Å². The Morgan fingerprint density at radius 1 is 1.06 bits per heavy atom. The molecule has 18 heavy (non-hydrogen) atoms.